The van der Waals surface area contributed by atoms with Crippen molar-refractivity contribution in [2.24, 2.45) is 0 Å². The summed E-state index contributed by atoms with van der Waals surface area (Å²) in [5.41, 5.74) is 1.40. The van der Waals surface area contributed by atoms with Crippen LogP contribution in [-0.2, 0) is 11.2 Å². The summed E-state index contributed by atoms with van der Waals surface area (Å²) in [6, 6.07) is 14.4. The van der Waals surface area contributed by atoms with Gasteiger partial charge in [0.2, 0.25) is 5.91 Å². The van der Waals surface area contributed by atoms with Gasteiger partial charge in [-0.3, -0.25) is 4.79 Å². The van der Waals surface area contributed by atoms with E-state index in [1.807, 2.05) is 24.3 Å². The number of fused-ring (bicyclic) bond motifs is 1. The topological polar surface area (TPSA) is 20.3 Å². The predicted molar refractivity (Wildman–Crippen MR) is 84.2 cm³/mol. The molecule has 2 aromatic rings. The Bertz CT molecular complexity index is 659. The summed E-state index contributed by atoms with van der Waals surface area (Å²) in [5, 5.41) is 0. The average Bonchev–Trinajstić information content (AvgIpc) is 2.72. The lowest BCUT2D eigenvalue weighted by Crippen LogP contribution is -2.33. The first-order valence-electron chi connectivity index (χ1n) is 7.01. The molecule has 0 unspecified atom stereocenters. The molecule has 1 amide bonds. The molecule has 2 nitrogen and oxygen atoms in total. The van der Waals surface area contributed by atoms with Gasteiger partial charge in [0, 0.05) is 11.4 Å². The number of amides is 1. The molecule has 0 fully saturated rings. The van der Waals surface area contributed by atoms with Crippen molar-refractivity contribution in [1.82, 2.24) is 0 Å². The standard InChI is InChI=1S/C17H16FNOS/c18-14-7-2-1-6-13(14)12-17(20)19-10-5-11-21-16-9-4-3-8-15(16)19/h1-4,6-9H,5,10-12H2. The molecule has 0 aromatic heterocycles. The van der Waals surface area contributed by atoms with Gasteiger partial charge < -0.3 is 4.90 Å². The van der Waals surface area contributed by atoms with Gasteiger partial charge in [-0.15, -0.1) is 11.8 Å². The zero-order valence-corrected chi connectivity index (χ0v) is 12.4. The molecular weight excluding hydrogens is 285 g/mol. The van der Waals surface area contributed by atoms with Crippen molar-refractivity contribution >= 4 is 23.4 Å². The molecule has 1 heterocycles. The molecular formula is C17H16FNOS. The van der Waals surface area contributed by atoms with E-state index >= 15 is 0 Å². The second kappa shape index (κ2) is 6.31. The Morgan fingerprint density at radius 2 is 1.90 bits per heavy atom. The van der Waals surface area contributed by atoms with E-state index in [0.717, 1.165) is 22.8 Å². The molecule has 0 saturated carbocycles. The van der Waals surface area contributed by atoms with Gasteiger partial charge in [0.15, 0.2) is 0 Å². The second-order valence-corrected chi connectivity index (χ2v) is 6.12. The predicted octanol–water partition coefficient (Wildman–Crippen LogP) is 3.90. The summed E-state index contributed by atoms with van der Waals surface area (Å²) in [6.45, 7) is 0.692. The van der Waals surface area contributed by atoms with Crippen LogP contribution in [0.2, 0.25) is 0 Å². The first-order valence-corrected chi connectivity index (χ1v) is 8.00. The average molecular weight is 301 g/mol. The van der Waals surface area contributed by atoms with Crippen molar-refractivity contribution < 1.29 is 9.18 Å². The van der Waals surface area contributed by atoms with Crippen LogP contribution in [0.5, 0.6) is 0 Å². The van der Waals surface area contributed by atoms with Crippen molar-refractivity contribution in [1.29, 1.82) is 0 Å². The van der Waals surface area contributed by atoms with E-state index in [0.29, 0.717) is 12.1 Å². The Kier molecular flexibility index (Phi) is 4.25. The molecule has 0 aliphatic carbocycles. The quantitative estimate of drug-likeness (QED) is 0.838. The van der Waals surface area contributed by atoms with Crippen LogP contribution >= 0.6 is 11.8 Å². The summed E-state index contributed by atoms with van der Waals surface area (Å²) >= 11 is 1.77. The highest BCUT2D eigenvalue weighted by Crippen LogP contribution is 2.33. The van der Waals surface area contributed by atoms with Gasteiger partial charge in [-0.2, -0.15) is 0 Å². The largest absolute Gasteiger partial charge is 0.311 e. The number of carbonyl (C=O) groups excluding carboxylic acids is 1. The Labute approximate surface area is 128 Å². The van der Waals surface area contributed by atoms with E-state index in [9.17, 15) is 9.18 Å². The Balaban J connectivity index is 1.86. The van der Waals surface area contributed by atoms with Crippen molar-refractivity contribution in [3.8, 4) is 0 Å². The summed E-state index contributed by atoms with van der Waals surface area (Å²) in [6.07, 6.45) is 1.05. The van der Waals surface area contributed by atoms with E-state index in [2.05, 4.69) is 0 Å². The van der Waals surface area contributed by atoms with E-state index in [4.69, 9.17) is 0 Å². The number of hydrogen-bond acceptors (Lipinski definition) is 2. The van der Waals surface area contributed by atoms with Gasteiger partial charge in [-0.1, -0.05) is 30.3 Å². The number of hydrogen-bond donors (Lipinski definition) is 0. The lowest BCUT2D eigenvalue weighted by molar-refractivity contribution is -0.118. The fourth-order valence-corrected chi connectivity index (χ4v) is 3.48. The molecule has 1 aliphatic heterocycles. The van der Waals surface area contributed by atoms with Crippen LogP contribution in [0.4, 0.5) is 10.1 Å². The SMILES string of the molecule is O=C(Cc1ccccc1F)N1CCCSc2ccccc21. The Morgan fingerprint density at radius 3 is 2.76 bits per heavy atom. The number of benzene rings is 2. The van der Waals surface area contributed by atoms with Crippen LogP contribution in [0.15, 0.2) is 53.4 Å². The van der Waals surface area contributed by atoms with Crippen LogP contribution in [0, 0.1) is 5.82 Å². The number of halogens is 1. The number of anilines is 1. The highest BCUT2D eigenvalue weighted by Gasteiger charge is 2.22. The van der Waals surface area contributed by atoms with Crippen LogP contribution in [-0.4, -0.2) is 18.2 Å². The maximum absolute atomic E-state index is 13.7. The minimum Gasteiger partial charge on any atom is -0.311 e. The zero-order chi connectivity index (χ0) is 14.7. The number of carbonyl (C=O) groups is 1. The summed E-state index contributed by atoms with van der Waals surface area (Å²) in [7, 11) is 0. The van der Waals surface area contributed by atoms with Crippen LogP contribution in [0.25, 0.3) is 0 Å². The van der Waals surface area contributed by atoms with Gasteiger partial charge >= 0.3 is 0 Å². The van der Waals surface area contributed by atoms with Gasteiger partial charge in [0.25, 0.3) is 0 Å². The molecule has 1 aliphatic rings. The summed E-state index contributed by atoms with van der Waals surface area (Å²) in [5.74, 6) is 0.638. The highest BCUT2D eigenvalue weighted by molar-refractivity contribution is 7.99. The van der Waals surface area contributed by atoms with E-state index in [1.54, 1.807) is 34.9 Å². The fourth-order valence-electron chi connectivity index (χ4n) is 2.49. The molecule has 108 valence electrons. The van der Waals surface area contributed by atoms with Crippen LogP contribution in [0.1, 0.15) is 12.0 Å². The van der Waals surface area contributed by atoms with Crippen molar-refractivity contribution in [2.45, 2.75) is 17.7 Å². The molecule has 0 N–H and O–H groups in total. The Hall–Kier alpha value is -1.81. The molecule has 2 aromatic carbocycles. The first kappa shape index (κ1) is 14.1. The second-order valence-electron chi connectivity index (χ2n) is 4.98. The molecule has 3 rings (SSSR count). The lowest BCUT2D eigenvalue weighted by atomic mass is 10.1. The van der Waals surface area contributed by atoms with Gasteiger partial charge in [0.1, 0.15) is 5.82 Å². The maximum atomic E-state index is 13.7. The number of para-hydroxylation sites is 1. The van der Waals surface area contributed by atoms with Crippen molar-refractivity contribution in [3.05, 3.63) is 59.9 Å². The number of nitrogens with zero attached hydrogens (tertiary/aromatic N) is 1. The third kappa shape index (κ3) is 3.10. The van der Waals surface area contributed by atoms with Crippen molar-refractivity contribution in [3.63, 3.8) is 0 Å². The van der Waals surface area contributed by atoms with Crippen LogP contribution in [0.3, 0.4) is 0 Å². The van der Waals surface area contributed by atoms with Crippen LogP contribution < -0.4 is 4.90 Å². The minimum atomic E-state index is -0.316. The van der Waals surface area contributed by atoms with E-state index in [1.165, 1.54) is 6.07 Å². The first-order chi connectivity index (χ1) is 10.3. The highest BCUT2D eigenvalue weighted by atomic mass is 32.2. The normalized spacial score (nSPS) is 14.4. The molecule has 0 radical (unpaired) electrons. The zero-order valence-electron chi connectivity index (χ0n) is 11.6. The molecule has 0 bridgehead atoms. The van der Waals surface area contributed by atoms with E-state index < -0.39 is 0 Å². The van der Waals surface area contributed by atoms with Gasteiger partial charge in [-0.05, 0) is 35.9 Å². The summed E-state index contributed by atoms with van der Waals surface area (Å²) in [4.78, 5) is 15.5. The summed E-state index contributed by atoms with van der Waals surface area (Å²) < 4.78 is 13.7. The molecule has 4 heteroatoms. The lowest BCUT2D eigenvalue weighted by Gasteiger charge is -2.22. The molecule has 0 atom stereocenters. The van der Waals surface area contributed by atoms with Gasteiger partial charge in [-0.25, -0.2) is 4.39 Å². The van der Waals surface area contributed by atoms with Crippen molar-refractivity contribution in [2.75, 3.05) is 17.2 Å². The fraction of sp³-hybridized carbons (Fsp3) is 0.235. The smallest absolute Gasteiger partial charge is 0.231 e. The minimum absolute atomic E-state index is 0.0462. The third-order valence-corrected chi connectivity index (χ3v) is 4.69. The molecule has 0 spiro atoms. The molecule has 0 saturated heterocycles. The Morgan fingerprint density at radius 1 is 1.14 bits per heavy atom. The number of thioether (sulfide) groups is 1. The molecule has 21 heavy (non-hydrogen) atoms. The monoisotopic (exact) mass is 301 g/mol. The van der Waals surface area contributed by atoms with Gasteiger partial charge in [0.05, 0.1) is 12.1 Å². The van der Waals surface area contributed by atoms with E-state index in [-0.39, 0.29) is 18.1 Å². The maximum Gasteiger partial charge on any atom is 0.231 e. The third-order valence-electron chi connectivity index (χ3n) is 3.54. The number of rotatable bonds is 2.